The van der Waals surface area contributed by atoms with Crippen LogP contribution in [0.25, 0.3) is 0 Å². The van der Waals surface area contributed by atoms with E-state index >= 15 is 0 Å². The van der Waals surface area contributed by atoms with E-state index in [1.165, 1.54) is 4.90 Å². The standard InChI is InChI=1S/C16H18N2OS/c1-11-9-12(16(17)19)3-4-13(11)10-18-14-5-7-15(20-2)8-6-14/h3-9,18H,10H2,1-2H3,(H2,17,19). The number of amides is 1. The minimum atomic E-state index is -0.389. The van der Waals surface area contributed by atoms with Gasteiger partial charge in [0.2, 0.25) is 5.91 Å². The molecule has 0 radical (unpaired) electrons. The number of aryl methyl sites for hydroxylation is 1. The third kappa shape index (κ3) is 3.54. The van der Waals surface area contributed by atoms with Gasteiger partial charge < -0.3 is 11.1 Å². The van der Waals surface area contributed by atoms with Crippen LogP contribution < -0.4 is 11.1 Å². The van der Waals surface area contributed by atoms with Gasteiger partial charge in [0.1, 0.15) is 0 Å². The quantitative estimate of drug-likeness (QED) is 0.828. The number of rotatable bonds is 5. The van der Waals surface area contributed by atoms with Gasteiger partial charge >= 0.3 is 0 Å². The lowest BCUT2D eigenvalue weighted by Gasteiger charge is -2.10. The molecule has 2 aromatic carbocycles. The van der Waals surface area contributed by atoms with E-state index < -0.39 is 0 Å². The number of thioether (sulfide) groups is 1. The molecule has 0 unspecified atom stereocenters. The molecule has 20 heavy (non-hydrogen) atoms. The molecule has 0 aromatic heterocycles. The van der Waals surface area contributed by atoms with Crippen molar-refractivity contribution in [2.75, 3.05) is 11.6 Å². The molecular formula is C16H18N2OS. The first-order valence-electron chi connectivity index (χ1n) is 6.37. The van der Waals surface area contributed by atoms with Gasteiger partial charge in [0, 0.05) is 22.7 Å². The van der Waals surface area contributed by atoms with E-state index in [0.717, 1.165) is 23.4 Å². The number of nitrogens with one attached hydrogen (secondary N) is 1. The van der Waals surface area contributed by atoms with E-state index in [0.29, 0.717) is 5.56 Å². The Hall–Kier alpha value is -1.94. The second-order valence-corrected chi connectivity index (χ2v) is 5.47. The number of hydrogen-bond acceptors (Lipinski definition) is 3. The van der Waals surface area contributed by atoms with Crippen molar-refractivity contribution in [2.24, 2.45) is 5.73 Å². The Labute approximate surface area is 123 Å². The van der Waals surface area contributed by atoms with Crippen molar-refractivity contribution in [1.82, 2.24) is 0 Å². The van der Waals surface area contributed by atoms with Crippen LogP contribution in [0.1, 0.15) is 21.5 Å². The average Bonchev–Trinajstić information content (AvgIpc) is 2.46. The van der Waals surface area contributed by atoms with Crippen LogP contribution in [0, 0.1) is 6.92 Å². The predicted molar refractivity (Wildman–Crippen MR) is 85.2 cm³/mol. The zero-order valence-electron chi connectivity index (χ0n) is 11.6. The fourth-order valence-electron chi connectivity index (χ4n) is 1.95. The molecule has 0 bridgehead atoms. The molecule has 0 aliphatic carbocycles. The fraction of sp³-hybridized carbons (Fsp3) is 0.188. The topological polar surface area (TPSA) is 55.1 Å². The van der Waals surface area contributed by atoms with Gasteiger partial charge in [-0.3, -0.25) is 4.79 Å². The third-order valence-electron chi connectivity index (χ3n) is 3.20. The number of carbonyl (C=O) groups is 1. The smallest absolute Gasteiger partial charge is 0.248 e. The molecule has 0 atom stereocenters. The normalized spacial score (nSPS) is 10.3. The van der Waals surface area contributed by atoms with E-state index in [2.05, 4.69) is 35.8 Å². The summed E-state index contributed by atoms with van der Waals surface area (Å²) in [5.74, 6) is -0.389. The third-order valence-corrected chi connectivity index (χ3v) is 3.94. The predicted octanol–water partition coefficient (Wildman–Crippen LogP) is 3.43. The molecule has 0 heterocycles. The van der Waals surface area contributed by atoms with E-state index in [1.807, 2.05) is 19.1 Å². The Kier molecular flexibility index (Phi) is 4.69. The van der Waals surface area contributed by atoms with Crippen molar-refractivity contribution in [3.8, 4) is 0 Å². The van der Waals surface area contributed by atoms with Gasteiger partial charge in [-0.05, 0) is 60.7 Å². The Morgan fingerprint density at radius 3 is 2.45 bits per heavy atom. The van der Waals surface area contributed by atoms with E-state index in [4.69, 9.17) is 5.73 Å². The van der Waals surface area contributed by atoms with Crippen molar-refractivity contribution < 1.29 is 4.79 Å². The number of primary amides is 1. The van der Waals surface area contributed by atoms with Crippen molar-refractivity contribution in [1.29, 1.82) is 0 Å². The fourth-order valence-corrected chi connectivity index (χ4v) is 2.36. The summed E-state index contributed by atoms with van der Waals surface area (Å²) in [6.45, 7) is 2.71. The van der Waals surface area contributed by atoms with Crippen LogP contribution in [0.4, 0.5) is 5.69 Å². The number of carbonyl (C=O) groups excluding carboxylic acids is 1. The summed E-state index contributed by atoms with van der Waals surface area (Å²) in [5.41, 5.74) is 9.13. The van der Waals surface area contributed by atoms with Gasteiger partial charge in [0.15, 0.2) is 0 Å². The van der Waals surface area contributed by atoms with Crippen LogP contribution in [0.5, 0.6) is 0 Å². The molecule has 1 amide bonds. The van der Waals surface area contributed by atoms with Gasteiger partial charge in [-0.15, -0.1) is 11.8 Å². The highest BCUT2D eigenvalue weighted by atomic mass is 32.2. The summed E-state index contributed by atoms with van der Waals surface area (Å²) in [4.78, 5) is 12.4. The highest BCUT2D eigenvalue weighted by Gasteiger charge is 2.04. The zero-order chi connectivity index (χ0) is 14.5. The molecule has 2 aromatic rings. The first-order chi connectivity index (χ1) is 9.60. The SMILES string of the molecule is CSc1ccc(NCc2ccc(C(N)=O)cc2C)cc1. The monoisotopic (exact) mass is 286 g/mol. The van der Waals surface area contributed by atoms with Crippen molar-refractivity contribution in [2.45, 2.75) is 18.4 Å². The van der Waals surface area contributed by atoms with E-state index in [1.54, 1.807) is 17.8 Å². The van der Waals surface area contributed by atoms with Gasteiger partial charge in [-0.1, -0.05) is 6.07 Å². The summed E-state index contributed by atoms with van der Waals surface area (Å²) >= 11 is 1.73. The van der Waals surface area contributed by atoms with Crippen LogP contribution >= 0.6 is 11.8 Å². The lowest BCUT2D eigenvalue weighted by molar-refractivity contribution is 0.1000. The first-order valence-corrected chi connectivity index (χ1v) is 7.60. The summed E-state index contributed by atoms with van der Waals surface area (Å²) < 4.78 is 0. The molecule has 0 spiro atoms. The van der Waals surface area contributed by atoms with E-state index in [9.17, 15) is 4.79 Å². The molecule has 0 aliphatic heterocycles. The van der Waals surface area contributed by atoms with Crippen LogP contribution in [0.2, 0.25) is 0 Å². The number of anilines is 1. The summed E-state index contributed by atoms with van der Waals surface area (Å²) in [6.07, 6.45) is 2.06. The Morgan fingerprint density at radius 1 is 1.20 bits per heavy atom. The molecule has 0 fully saturated rings. The first kappa shape index (κ1) is 14.5. The van der Waals surface area contributed by atoms with Gasteiger partial charge in [-0.2, -0.15) is 0 Å². The van der Waals surface area contributed by atoms with Crippen LogP contribution in [-0.4, -0.2) is 12.2 Å². The van der Waals surface area contributed by atoms with Crippen molar-refractivity contribution in [3.05, 3.63) is 59.2 Å². The zero-order valence-corrected chi connectivity index (χ0v) is 12.5. The minimum absolute atomic E-state index is 0.389. The summed E-state index contributed by atoms with van der Waals surface area (Å²) in [6, 6.07) is 13.9. The molecule has 3 N–H and O–H groups in total. The Balaban J connectivity index is 2.04. The largest absolute Gasteiger partial charge is 0.381 e. The van der Waals surface area contributed by atoms with E-state index in [-0.39, 0.29) is 5.91 Å². The van der Waals surface area contributed by atoms with Crippen LogP contribution in [-0.2, 0) is 6.54 Å². The molecule has 3 nitrogen and oxygen atoms in total. The van der Waals surface area contributed by atoms with Gasteiger partial charge in [0.05, 0.1) is 0 Å². The van der Waals surface area contributed by atoms with Crippen LogP contribution in [0.15, 0.2) is 47.4 Å². The maximum absolute atomic E-state index is 11.1. The van der Waals surface area contributed by atoms with Crippen LogP contribution in [0.3, 0.4) is 0 Å². The number of nitrogens with two attached hydrogens (primary N) is 1. The minimum Gasteiger partial charge on any atom is -0.381 e. The lowest BCUT2D eigenvalue weighted by atomic mass is 10.0. The van der Waals surface area contributed by atoms with Gasteiger partial charge in [0.25, 0.3) is 0 Å². The number of benzene rings is 2. The molecule has 2 rings (SSSR count). The maximum Gasteiger partial charge on any atom is 0.248 e. The van der Waals surface area contributed by atoms with Crippen molar-refractivity contribution >= 4 is 23.4 Å². The second-order valence-electron chi connectivity index (χ2n) is 4.59. The maximum atomic E-state index is 11.1. The molecule has 104 valence electrons. The molecule has 4 heteroatoms. The Bertz CT molecular complexity index is 608. The second kappa shape index (κ2) is 6.48. The highest BCUT2D eigenvalue weighted by molar-refractivity contribution is 7.98. The molecule has 0 saturated heterocycles. The highest BCUT2D eigenvalue weighted by Crippen LogP contribution is 2.19. The Morgan fingerprint density at radius 2 is 1.90 bits per heavy atom. The molecule has 0 aliphatic rings. The summed E-state index contributed by atoms with van der Waals surface area (Å²) in [7, 11) is 0. The average molecular weight is 286 g/mol. The lowest BCUT2D eigenvalue weighted by Crippen LogP contribution is -2.11. The molecular weight excluding hydrogens is 268 g/mol. The van der Waals surface area contributed by atoms with Crippen molar-refractivity contribution in [3.63, 3.8) is 0 Å². The number of hydrogen-bond donors (Lipinski definition) is 2. The summed E-state index contributed by atoms with van der Waals surface area (Å²) in [5, 5.41) is 3.38. The molecule has 0 saturated carbocycles. The van der Waals surface area contributed by atoms with Gasteiger partial charge in [-0.25, -0.2) is 0 Å².